The highest BCUT2D eigenvalue weighted by Gasteiger charge is 2.36. The maximum Gasteiger partial charge on any atom is 0.411 e. The molecule has 0 aromatic heterocycles. The molecule has 0 N–H and O–H groups in total. The van der Waals surface area contributed by atoms with E-state index in [2.05, 4.69) is 20.7 Å². The number of carbonyl (C=O) groups is 2. The van der Waals surface area contributed by atoms with Gasteiger partial charge in [0.25, 0.3) is 11.7 Å². The second-order valence-corrected chi connectivity index (χ2v) is 5.30. The Morgan fingerprint density at radius 3 is 2.62 bits per heavy atom. The minimum Gasteiger partial charge on any atom is -0.372 e. The smallest absolute Gasteiger partial charge is 0.372 e. The van der Waals surface area contributed by atoms with E-state index in [4.69, 9.17) is 0 Å². The van der Waals surface area contributed by atoms with Gasteiger partial charge in [0.1, 0.15) is 6.61 Å². The molecule has 8 heteroatoms. The van der Waals surface area contributed by atoms with E-state index in [1.54, 1.807) is 18.2 Å². The molecule has 21 heavy (non-hydrogen) atoms. The van der Waals surface area contributed by atoms with Gasteiger partial charge in [-0.2, -0.15) is 13.2 Å². The average Bonchev–Trinajstić information content (AvgIpc) is 2.63. The molecule has 4 nitrogen and oxygen atoms in total. The third-order valence-corrected chi connectivity index (χ3v) is 3.55. The number of amides is 1. The van der Waals surface area contributed by atoms with Crippen LogP contribution in [0.3, 0.4) is 0 Å². The van der Waals surface area contributed by atoms with E-state index in [1.807, 2.05) is 0 Å². The second-order valence-electron chi connectivity index (χ2n) is 4.44. The van der Waals surface area contributed by atoms with E-state index < -0.39 is 24.5 Å². The molecule has 0 fully saturated rings. The Bertz CT molecular complexity index is 574. The average molecular weight is 366 g/mol. The molecule has 0 spiro atoms. The minimum absolute atomic E-state index is 0.131. The molecule has 1 aromatic carbocycles. The Balaban J connectivity index is 1.95. The molecule has 0 aliphatic carbocycles. The third kappa shape index (κ3) is 3.62. The SMILES string of the molecule is O=C1C(=O)N(CCCOCC(F)(F)F)c2cccc(Br)c21. The van der Waals surface area contributed by atoms with Gasteiger partial charge in [0.15, 0.2) is 0 Å². The highest BCUT2D eigenvalue weighted by atomic mass is 79.9. The van der Waals surface area contributed by atoms with Crippen molar-refractivity contribution in [3.63, 3.8) is 0 Å². The van der Waals surface area contributed by atoms with E-state index in [9.17, 15) is 22.8 Å². The highest BCUT2D eigenvalue weighted by Crippen LogP contribution is 2.34. The zero-order chi connectivity index (χ0) is 15.6. The van der Waals surface area contributed by atoms with Crippen LogP contribution in [0.5, 0.6) is 0 Å². The molecule has 0 atom stereocenters. The largest absolute Gasteiger partial charge is 0.411 e. The van der Waals surface area contributed by atoms with Gasteiger partial charge in [0.05, 0.1) is 11.3 Å². The van der Waals surface area contributed by atoms with E-state index in [0.29, 0.717) is 15.7 Å². The lowest BCUT2D eigenvalue weighted by Crippen LogP contribution is -2.31. The predicted octanol–water partition coefficient (Wildman–Crippen LogP) is 2.95. The maximum absolute atomic E-state index is 11.9. The molecule has 0 saturated heterocycles. The van der Waals surface area contributed by atoms with Crippen LogP contribution in [0.15, 0.2) is 22.7 Å². The van der Waals surface area contributed by atoms with Crippen molar-refractivity contribution in [2.45, 2.75) is 12.6 Å². The summed E-state index contributed by atoms with van der Waals surface area (Å²) in [6.07, 6.45) is -4.15. The Kier molecular flexibility index (Phi) is 4.67. The number of Topliss-reactive ketones (excluding diaryl/α,β-unsaturated/α-hetero) is 1. The lowest BCUT2D eigenvalue weighted by Gasteiger charge is -2.16. The zero-order valence-electron chi connectivity index (χ0n) is 10.7. The van der Waals surface area contributed by atoms with Gasteiger partial charge in [-0.3, -0.25) is 9.59 Å². The third-order valence-electron chi connectivity index (χ3n) is 2.88. The Morgan fingerprint density at radius 1 is 1.24 bits per heavy atom. The summed E-state index contributed by atoms with van der Waals surface area (Å²) >= 11 is 3.21. The van der Waals surface area contributed by atoms with Crippen LogP contribution in [0, 0.1) is 0 Å². The van der Waals surface area contributed by atoms with Gasteiger partial charge in [0, 0.05) is 17.6 Å². The number of fused-ring (bicyclic) bond motifs is 1. The predicted molar refractivity (Wildman–Crippen MR) is 72.3 cm³/mol. The molecule has 1 heterocycles. The van der Waals surface area contributed by atoms with Gasteiger partial charge in [0.2, 0.25) is 0 Å². The molecule has 2 rings (SSSR count). The molecule has 114 valence electrons. The van der Waals surface area contributed by atoms with Gasteiger partial charge in [-0.1, -0.05) is 6.07 Å². The second kappa shape index (κ2) is 6.15. The van der Waals surface area contributed by atoms with Crippen molar-refractivity contribution in [1.29, 1.82) is 0 Å². The Labute approximate surface area is 127 Å². The molecule has 1 aliphatic heterocycles. The standard InChI is InChI=1S/C13H11BrF3NO3/c14-8-3-1-4-9-10(8)11(19)12(20)18(9)5-2-6-21-7-13(15,16)17/h1,3-4H,2,5-7H2. The molecule has 0 unspecified atom stereocenters. The molecule has 0 radical (unpaired) electrons. The van der Waals surface area contributed by atoms with Crippen LogP contribution in [0.25, 0.3) is 0 Å². The molecule has 1 aliphatic rings. The molecular weight excluding hydrogens is 355 g/mol. The summed E-state index contributed by atoms with van der Waals surface area (Å²) < 4.78 is 40.7. The molecule has 0 saturated carbocycles. The number of rotatable bonds is 5. The quantitative estimate of drug-likeness (QED) is 0.595. The number of hydrogen-bond acceptors (Lipinski definition) is 3. The number of hydrogen-bond donors (Lipinski definition) is 0. The van der Waals surface area contributed by atoms with Crippen LogP contribution in [0.2, 0.25) is 0 Å². The van der Waals surface area contributed by atoms with E-state index in [0.717, 1.165) is 0 Å². The fourth-order valence-electron chi connectivity index (χ4n) is 2.04. The minimum atomic E-state index is -4.36. The fraction of sp³-hybridized carbons (Fsp3) is 0.385. The topological polar surface area (TPSA) is 46.6 Å². The van der Waals surface area contributed by atoms with E-state index in [-0.39, 0.29) is 19.6 Å². The summed E-state index contributed by atoms with van der Waals surface area (Å²) in [7, 11) is 0. The van der Waals surface area contributed by atoms with Crippen LogP contribution in [0.1, 0.15) is 16.8 Å². The van der Waals surface area contributed by atoms with Crippen LogP contribution >= 0.6 is 15.9 Å². The van der Waals surface area contributed by atoms with Crippen molar-refractivity contribution in [3.8, 4) is 0 Å². The first-order valence-electron chi connectivity index (χ1n) is 6.10. The number of alkyl halides is 3. The summed E-state index contributed by atoms with van der Waals surface area (Å²) in [6.45, 7) is -1.32. The number of carbonyl (C=O) groups excluding carboxylic acids is 2. The van der Waals surface area contributed by atoms with Crippen molar-refractivity contribution in [2.24, 2.45) is 0 Å². The van der Waals surface area contributed by atoms with Crippen LogP contribution < -0.4 is 4.90 Å². The van der Waals surface area contributed by atoms with Crippen molar-refractivity contribution in [2.75, 3.05) is 24.7 Å². The maximum atomic E-state index is 11.9. The highest BCUT2D eigenvalue weighted by molar-refractivity contribution is 9.10. The Hall–Kier alpha value is -1.41. The summed E-state index contributed by atoms with van der Waals surface area (Å²) in [4.78, 5) is 25.0. The fourth-order valence-corrected chi connectivity index (χ4v) is 2.57. The van der Waals surface area contributed by atoms with E-state index >= 15 is 0 Å². The zero-order valence-corrected chi connectivity index (χ0v) is 12.3. The van der Waals surface area contributed by atoms with Crippen LogP contribution in [0.4, 0.5) is 18.9 Å². The van der Waals surface area contributed by atoms with Gasteiger partial charge >= 0.3 is 6.18 Å². The van der Waals surface area contributed by atoms with Gasteiger partial charge < -0.3 is 9.64 Å². The van der Waals surface area contributed by atoms with Gasteiger partial charge in [-0.25, -0.2) is 0 Å². The first kappa shape index (κ1) is 16.0. The van der Waals surface area contributed by atoms with E-state index in [1.165, 1.54) is 4.90 Å². The van der Waals surface area contributed by atoms with Crippen molar-refractivity contribution in [1.82, 2.24) is 0 Å². The van der Waals surface area contributed by atoms with Crippen LogP contribution in [-0.2, 0) is 9.53 Å². The molecule has 1 amide bonds. The molecule has 1 aromatic rings. The first-order chi connectivity index (χ1) is 9.81. The number of anilines is 1. The number of benzene rings is 1. The van der Waals surface area contributed by atoms with Crippen molar-refractivity contribution in [3.05, 3.63) is 28.2 Å². The first-order valence-corrected chi connectivity index (χ1v) is 6.90. The van der Waals surface area contributed by atoms with Gasteiger partial charge in [-0.15, -0.1) is 0 Å². The summed E-state index contributed by atoms with van der Waals surface area (Å²) in [6, 6.07) is 4.96. The molecule has 0 bridgehead atoms. The Morgan fingerprint density at radius 2 is 1.95 bits per heavy atom. The van der Waals surface area contributed by atoms with Crippen molar-refractivity contribution < 1.29 is 27.5 Å². The number of halogens is 4. The van der Waals surface area contributed by atoms with Crippen LogP contribution in [-0.4, -0.2) is 37.6 Å². The lowest BCUT2D eigenvalue weighted by atomic mass is 10.1. The summed E-state index contributed by atoms with van der Waals surface area (Å²) in [5.74, 6) is -1.29. The molecular formula is C13H11BrF3NO3. The van der Waals surface area contributed by atoms with Gasteiger partial charge in [-0.05, 0) is 34.5 Å². The lowest BCUT2D eigenvalue weighted by molar-refractivity contribution is -0.173. The van der Waals surface area contributed by atoms with Crippen molar-refractivity contribution >= 4 is 33.3 Å². The normalized spacial score (nSPS) is 14.8. The monoisotopic (exact) mass is 365 g/mol. The summed E-state index contributed by atoms with van der Waals surface area (Å²) in [5.41, 5.74) is 0.758. The number of nitrogens with zero attached hydrogens (tertiary/aromatic N) is 1. The number of ether oxygens (including phenoxy) is 1. The summed E-state index contributed by atoms with van der Waals surface area (Å²) in [5, 5.41) is 0. The number of ketones is 1.